The van der Waals surface area contributed by atoms with Crippen molar-refractivity contribution in [1.82, 2.24) is 0 Å². The average molecular weight is 477 g/mol. The number of benzene rings is 2. The molecule has 0 amide bonds. The first-order valence-corrected chi connectivity index (χ1v) is 12.6. The molecule has 0 radical (unpaired) electrons. The van der Waals surface area contributed by atoms with Gasteiger partial charge in [0.2, 0.25) is 0 Å². The van der Waals surface area contributed by atoms with Gasteiger partial charge in [0.05, 0.1) is 10.6 Å². The smallest absolute Gasteiger partial charge is 0.280 e. The van der Waals surface area contributed by atoms with Crippen LogP contribution in [-0.4, -0.2) is 22.6 Å². The van der Waals surface area contributed by atoms with E-state index in [2.05, 4.69) is 9.44 Å². The third-order valence-corrected chi connectivity index (χ3v) is 8.37. The molecule has 0 saturated heterocycles. The average Bonchev–Trinajstić information content (AvgIpc) is 3.18. The summed E-state index contributed by atoms with van der Waals surface area (Å²) in [6.45, 7) is 0. The number of halogens is 2. The quantitative estimate of drug-likeness (QED) is 0.461. The van der Waals surface area contributed by atoms with Gasteiger partial charge in [-0.2, -0.15) is 8.78 Å². The lowest BCUT2D eigenvalue weighted by Gasteiger charge is -2.11. The molecule has 0 unspecified atom stereocenters. The van der Waals surface area contributed by atoms with Gasteiger partial charge in [0, 0.05) is 10.6 Å². The van der Waals surface area contributed by atoms with Crippen LogP contribution >= 0.6 is 23.1 Å². The second-order valence-electron chi connectivity index (χ2n) is 5.57. The summed E-state index contributed by atoms with van der Waals surface area (Å²) in [5.74, 6) is -2.57. The van der Waals surface area contributed by atoms with E-state index in [1.54, 1.807) is 11.4 Å². The van der Waals surface area contributed by atoms with E-state index in [4.69, 9.17) is 0 Å². The first-order valence-electron chi connectivity index (χ1n) is 7.90. The van der Waals surface area contributed by atoms with Crippen molar-refractivity contribution in [3.8, 4) is 0 Å². The molecule has 0 atom stereocenters. The lowest BCUT2D eigenvalue weighted by atomic mass is 10.3. The van der Waals surface area contributed by atoms with Crippen molar-refractivity contribution in [1.29, 1.82) is 0 Å². The minimum atomic E-state index is -4.02. The monoisotopic (exact) mass is 476 g/mol. The summed E-state index contributed by atoms with van der Waals surface area (Å²) in [7, 11) is -7.83. The number of hydrogen-bond donors (Lipinski definition) is 2. The third kappa shape index (κ3) is 5.69. The van der Waals surface area contributed by atoms with Crippen molar-refractivity contribution >= 4 is 54.5 Å². The lowest BCUT2D eigenvalue weighted by molar-refractivity contribution is 0.252. The number of thioether (sulfide) groups is 1. The molecule has 3 rings (SSSR count). The minimum absolute atomic E-state index is 0.0879. The Morgan fingerprint density at radius 2 is 1.52 bits per heavy atom. The maximum Gasteiger partial charge on any atom is 0.288 e. The van der Waals surface area contributed by atoms with Gasteiger partial charge in [0.15, 0.2) is 0 Å². The predicted octanol–water partition coefficient (Wildman–Crippen LogP) is 4.66. The normalized spacial score (nSPS) is 12.1. The lowest BCUT2D eigenvalue weighted by Crippen LogP contribution is -2.15. The molecule has 29 heavy (non-hydrogen) atoms. The van der Waals surface area contributed by atoms with Crippen LogP contribution in [0, 0.1) is 0 Å². The molecule has 0 aliphatic carbocycles. The van der Waals surface area contributed by atoms with E-state index in [0.717, 1.165) is 11.3 Å². The SMILES string of the molecule is O=S(=O)(Nc1ccc(SC(F)F)cc1)c1cccc(NS(=O)(=O)c2cccs2)c1. The number of nitrogens with one attached hydrogen (secondary N) is 2. The standard InChI is InChI=1S/C17H14F2N2O4S4/c18-17(19)27-14-8-6-12(7-9-14)20-28(22,23)15-4-1-3-13(11-15)21-29(24,25)16-5-2-10-26-16/h1-11,17,20-21H. The summed E-state index contributed by atoms with van der Waals surface area (Å²) >= 11 is 1.39. The number of anilines is 2. The number of thiophene rings is 1. The van der Waals surface area contributed by atoms with Crippen molar-refractivity contribution in [2.45, 2.75) is 19.8 Å². The molecule has 0 spiro atoms. The largest absolute Gasteiger partial charge is 0.288 e. The highest BCUT2D eigenvalue weighted by Gasteiger charge is 2.18. The highest BCUT2D eigenvalue weighted by atomic mass is 32.2. The van der Waals surface area contributed by atoms with Crippen LogP contribution in [0.1, 0.15) is 0 Å². The van der Waals surface area contributed by atoms with Crippen LogP contribution in [0.15, 0.2) is 80.0 Å². The Morgan fingerprint density at radius 1 is 0.828 bits per heavy atom. The van der Waals surface area contributed by atoms with Crippen LogP contribution in [0.2, 0.25) is 0 Å². The summed E-state index contributed by atoms with van der Waals surface area (Å²) in [5, 5.41) is 1.62. The first kappa shape index (κ1) is 21.6. The molecule has 0 fully saturated rings. The Balaban J connectivity index is 1.78. The van der Waals surface area contributed by atoms with Gasteiger partial charge in [-0.25, -0.2) is 16.8 Å². The van der Waals surface area contributed by atoms with Crippen molar-refractivity contribution < 1.29 is 25.6 Å². The maximum atomic E-state index is 12.6. The van der Waals surface area contributed by atoms with Gasteiger partial charge < -0.3 is 0 Å². The van der Waals surface area contributed by atoms with Crippen LogP contribution in [0.4, 0.5) is 20.2 Å². The highest BCUT2D eigenvalue weighted by molar-refractivity contribution is 7.99. The van der Waals surface area contributed by atoms with Crippen molar-refractivity contribution in [2.75, 3.05) is 9.44 Å². The summed E-state index contributed by atoms with van der Waals surface area (Å²) in [6.07, 6.45) is 0. The van der Waals surface area contributed by atoms with Gasteiger partial charge in [0.1, 0.15) is 4.21 Å². The van der Waals surface area contributed by atoms with E-state index in [0.29, 0.717) is 16.7 Å². The van der Waals surface area contributed by atoms with E-state index in [-0.39, 0.29) is 20.5 Å². The second-order valence-corrected chi connectivity index (χ2v) is 11.2. The molecule has 0 aliphatic rings. The summed E-state index contributed by atoms with van der Waals surface area (Å²) < 4.78 is 79.3. The summed E-state index contributed by atoms with van der Waals surface area (Å²) in [4.78, 5) is 0.142. The maximum absolute atomic E-state index is 12.6. The minimum Gasteiger partial charge on any atom is -0.280 e. The van der Waals surface area contributed by atoms with Gasteiger partial charge in [-0.1, -0.05) is 23.9 Å². The van der Waals surface area contributed by atoms with Gasteiger partial charge in [-0.15, -0.1) is 11.3 Å². The zero-order chi connectivity index (χ0) is 21.1. The van der Waals surface area contributed by atoms with Crippen LogP contribution in [-0.2, 0) is 20.0 Å². The molecule has 6 nitrogen and oxygen atoms in total. The Morgan fingerprint density at radius 3 is 2.14 bits per heavy atom. The molecule has 0 bridgehead atoms. The first-order chi connectivity index (χ1) is 13.7. The fourth-order valence-corrected chi connectivity index (χ4v) is 5.91. The van der Waals surface area contributed by atoms with Gasteiger partial charge in [0.25, 0.3) is 25.8 Å². The molecular weight excluding hydrogens is 462 g/mol. The topological polar surface area (TPSA) is 92.3 Å². The van der Waals surface area contributed by atoms with Crippen molar-refractivity contribution in [2.24, 2.45) is 0 Å². The molecule has 3 aromatic rings. The molecule has 0 aliphatic heterocycles. The number of hydrogen-bond acceptors (Lipinski definition) is 6. The van der Waals surface area contributed by atoms with Gasteiger partial charge >= 0.3 is 0 Å². The summed E-state index contributed by atoms with van der Waals surface area (Å²) in [5.41, 5.74) is 0.276. The molecule has 2 aromatic carbocycles. The number of rotatable bonds is 8. The fourth-order valence-electron chi connectivity index (χ4n) is 2.27. The Hall–Kier alpha value is -2.15. The van der Waals surface area contributed by atoms with E-state index in [9.17, 15) is 25.6 Å². The molecule has 12 heteroatoms. The molecule has 0 saturated carbocycles. The van der Waals surface area contributed by atoms with Gasteiger partial charge in [-0.3, -0.25) is 9.44 Å². The van der Waals surface area contributed by atoms with Crippen LogP contribution in [0.25, 0.3) is 0 Å². The Bertz CT molecular complexity index is 1180. The Kier molecular flexibility index (Phi) is 6.46. The Labute approximate surface area is 175 Å². The van der Waals surface area contributed by atoms with E-state index < -0.39 is 25.8 Å². The summed E-state index contributed by atoms with van der Waals surface area (Å²) in [6, 6.07) is 13.8. The van der Waals surface area contributed by atoms with Crippen LogP contribution < -0.4 is 9.44 Å². The van der Waals surface area contributed by atoms with E-state index >= 15 is 0 Å². The molecule has 1 heterocycles. The van der Waals surface area contributed by atoms with E-state index in [1.165, 1.54) is 54.6 Å². The molecule has 154 valence electrons. The van der Waals surface area contributed by atoms with Crippen molar-refractivity contribution in [3.05, 3.63) is 66.0 Å². The number of alkyl halides is 2. The second kappa shape index (κ2) is 8.69. The van der Waals surface area contributed by atoms with Crippen molar-refractivity contribution in [3.63, 3.8) is 0 Å². The molecule has 2 N–H and O–H groups in total. The predicted molar refractivity (Wildman–Crippen MR) is 111 cm³/mol. The van der Waals surface area contributed by atoms with Crippen LogP contribution in [0.5, 0.6) is 0 Å². The zero-order valence-corrected chi connectivity index (χ0v) is 17.7. The molecule has 1 aromatic heterocycles. The van der Waals surface area contributed by atoms with Crippen LogP contribution in [0.3, 0.4) is 0 Å². The fraction of sp³-hybridized carbons (Fsp3) is 0.0588. The third-order valence-electron chi connectivity index (χ3n) is 3.49. The highest BCUT2D eigenvalue weighted by Crippen LogP contribution is 2.27. The van der Waals surface area contributed by atoms with Gasteiger partial charge in [-0.05, 0) is 53.9 Å². The van der Waals surface area contributed by atoms with E-state index in [1.807, 2.05) is 0 Å². The molecular formula is C17H14F2N2O4S4. The zero-order valence-electron chi connectivity index (χ0n) is 14.5. The number of sulfonamides is 2.